The van der Waals surface area contributed by atoms with Gasteiger partial charge in [-0.3, -0.25) is 0 Å². The first kappa shape index (κ1) is 12.9. The lowest BCUT2D eigenvalue weighted by Gasteiger charge is -2.17. The monoisotopic (exact) mass is 257 g/mol. The number of aromatic nitrogens is 2. The van der Waals surface area contributed by atoms with Gasteiger partial charge in [-0.2, -0.15) is 16.7 Å². The molecule has 1 aliphatic heterocycles. The van der Waals surface area contributed by atoms with Crippen molar-refractivity contribution in [1.82, 2.24) is 10.1 Å². The predicted octanol–water partition coefficient (Wildman–Crippen LogP) is 1.85. The van der Waals surface area contributed by atoms with Crippen LogP contribution in [0, 0.1) is 0 Å². The van der Waals surface area contributed by atoms with Crippen molar-refractivity contribution in [2.45, 2.75) is 37.8 Å². The molecule has 0 aliphatic carbocycles. The summed E-state index contributed by atoms with van der Waals surface area (Å²) >= 11 is 1.76. The summed E-state index contributed by atoms with van der Waals surface area (Å²) in [6, 6.07) is -0.172. The molecule has 17 heavy (non-hydrogen) atoms. The van der Waals surface area contributed by atoms with E-state index in [2.05, 4.69) is 16.4 Å². The van der Waals surface area contributed by atoms with Crippen LogP contribution in [-0.4, -0.2) is 28.8 Å². The number of rotatable bonds is 5. The number of thioether (sulfide) groups is 1. The van der Waals surface area contributed by atoms with E-state index in [0.717, 1.165) is 31.6 Å². The Kier molecular flexibility index (Phi) is 4.06. The predicted molar refractivity (Wildman–Crippen MR) is 66.8 cm³/mol. The van der Waals surface area contributed by atoms with Crippen LogP contribution in [0.4, 0.5) is 0 Å². The van der Waals surface area contributed by atoms with Gasteiger partial charge in [0.05, 0.1) is 6.04 Å². The highest BCUT2D eigenvalue weighted by atomic mass is 32.2. The Morgan fingerprint density at radius 3 is 3.06 bits per heavy atom. The highest BCUT2D eigenvalue weighted by molar-refractivity contribution is 7.98. The number of nitrogens with zero attached hydrogens (tertiary/aromatic N) is 2. The van der Waals surface area contributed by atoms with E-state index in [0.29, 0.717) is 11.7 Å². The first-order chi connectivity index (χ1) is 8.15. The number of hydrogen-bond acceptors (Lipinski definition) is 6. The van der Waals surface area contributed by atoms with E-state index in [-0.39, 0.29) is 11.6 Å². The van der Waals surface area contributed by atoms with Crippen molar-refractivity contribution >= 4 is 11.8 Å². The maximum absolute atomic E-state index is 5.99. The summed E-state index contributed by atoms with van der Waals surface area (Å²) in [4.78, 5) is 4.38. The van der Waals surface area contributed by atoms with Gasteiger partial charge in [-0.15, -0.1) is 0 Å². The summed E-state index contributed by atoms with van der Waals surface area (Å²) in [6.45, 7) is 2.76. The van der Waals surface area contributed by atoms with E-state index in [4.69, 9.17) is 15.0 Å². The molecule has 1 aliphatic rings. The van der Waals surface area contributed by atoms with Crippen molar-refractivity contribution in [1.29, 1.82) is 0 Å². The third-order valence-electron chi connectivity index (χ3n) is 3.08. The molecule has 5 nitrogen and oxygen atoms in total. The Morgan fingerprint density at radius 1 is 1.59 bits per heavy atom. The van der Waals surface area contributed by atoms with Gasteiger partial charge in [0.2, 0.25) is 11.7 Å². The molecule has 2 atom stereocenters. The highest BCUT2D eigenvalue weighted by Gasteiger charge is 2.37. The van der Waals surface area contributed by atoms with Gasteiger partial charge in [-0.05, 0) is 38.2 Å². The quantitative estimate of drug-likeness (QED) is 0.867. The second-order valence-electron chi connectivity index (χ2n) is 4.53. The van der Waals surface area contributed by atoms with E-state index in [9.17, 15) is 0 Å². The van der Waals surface area contributed by atoms with Crippen LogP contribution in [-0.2, 0) is 10.3 Å². The number of nitrogens with two attached hydrogens (primary N) is 1. The Bertz CT molecular complexity index is 363. The summed E-state index contributed by atoms with van der Waals surface area (Å²) in [5, 5.41) is 4.00. The summed E-state index contributed by atoms with van der Waals surface area (Å²) in [7, 11) is 0. The lowest BCUT2D eigenvalue weighted by molar-refractivity contribution is 0.00768. The Labute approximate surface area is 105 Å². The van der Waals surface area contributed by atoms with Gasteiger partial charge in [0, 0.05) is 6.61 Å². The maximum atomic E-state index is 5.99. The van der Waals surface area contributed by atoms with Crippen LogP contribution in [0.1, 0.15) is 43.9 Å². The van der Waals surface area contributed by atoms with Gasteiger partial charge in [-0.1, -0.05) is 5.16 Å². The average Bonchev–Trinajstić information content (AvgIpc) is 2.95. The van der Waals surface area contributed by atoms with Crippen molar-refractivity contribution in [2.75, 3.05) is 18.6 Å². The van der Waals surface area contributed by atoms with Crippen LogP contribution in [0.5, 0.6) is 0 Å². The third kappa shape index (κ3) is 2.81. The summed E-state index contributed by atoms with van der Waals surface area (Å²) in [6.07, 6.45) is 4.88. The first-order valence-corrected chi connectivity index (χ1v) is 7.27. The van der Waals surface area contributed by atoms with Gasteiger partial charge >= 0.3 is 0 Å². The van der Waals surface area contributed by atoms with E-state index >= 15 is 0 Å². The Hall–Kier alpha value is -0.590. The van der Waals surface area contributed by atoms with Crippen molar-refractivity contribution < 1.29 is 9.26 Å². The fourth-order valence-corrected chi connectivity index (χ4v) is 2.41. The second kappa shape index (κ2) is 5.37. The van der Waals surface area contributed by atoms with Gasteiger partial charge in [-0.25, -0.2) is 0 Å². The zero-order chi connectivity index (χ0) is 12.3. The van der Waals surface area contributed by atoms with Gasteiger partial charge < -0.3 is 15.0 Å². The van der Waals surface area contributed by atoms with Gasteiger partial charge in [0.1, 0.15) is 5.60 Å². The van der Waals surface area contributed by atoms with E-state index in [1.165, 1.54) is 0 Å². The summed E-state index contributed by atoms with van der Waals surface area (Å²) in [5.74, 6) is 2.14. The van der Waals surface area contributed by atoms with Crippen LogP contribution >= 0.6 is 11.8 Å². The minimum absolute atomic E-state index is 0.172. The summed E-state index contributed by atoms with van der Waals surface area (Å²) in [5.41, 5.74) is 5.60. The molecule has 2 heterocycles. The fourth-order valence-electron chi connectivity index (χ4n) is 1.92. The molecule has 0 spiro atoms. The molecule has 2 rings (SSSR count). The molecule has 1 aromatic heterocycles. The Morgan fingerprint density at radius 2 is 2.41 bits per heavy atom. The first-order valence-electron chi connectivity index (χ1n) is 5.88. The van der Waals surface area contributed by atoms with Crippen molar-refractivity contribution in [2.24, 2.45) is 5.73 Å². The SMILES string of the molecule is CSCC[C@H](N)c1nc(C2(C)CCCO2)no1. The molecule has 6 heteroatoms. The normalized spacial score (nSPS) is 26.3. The smallest absolute Gasteiger partial charge is 0.243 e. The van der Waals surface area contributed by atoms with Crippen molar-refractivity contribution in [3.8, 4) is 0 Å². The standard InChI is InChI=1S/C11H19N3O2S/c1-11(5-3-6-15-11)10-13-9(16-14-10)8(12)4-7-17-2/h8H,3-7,12H2,1-2H3/t8-,11?/m0/s1. The molecule has 2 N–H and O–H groups in total. The molecule has 1 unspecified atom stereocenters. The Balaban J connectivity index is 2.05. The lowest BCUT2D eigenvalue weighted by Crippen LogP contribution is -2.22. The molecule has 1 aromatic rings. The summed E-state index contributed by atoms with van der Waals surface area (Å²) < 4.78 is 10.9. The molecule has 0 saturated carbocycles. The van der Waals surface area contributed by atoms with Crippen molar-refractivity contribution in [3.05, 3.63) is 11.7 Å². The zero-order valence-electron chi connectivity index (χ0n) is 10.3. The van der Waals surface area contributed by atoms with E-state index < -0.39 is 0 Å². The molecule has 0 amide bonds. The molecule has 96 valence electrons. The van der Waals surface area contributed by atoms with Crippen LogP contribution in [0.15, 0.2) is 4.52 Å². The molecule has 0 aromatic carbocycles. The minimum Gasteiger partial charge on any atom is -0.367 e. The lowest BCUT2D eigenvalue weighted by atomic mass is 10.0. The number of ether oxygens (including phenoxy) is 1. The topological polar surface area (TPSA) is 74.2 Å². The average molecular weight is 257 g/mol. The molecule has 1 saturated heterocycles. The van der Waals surface area contributed by atoms with E-state index in [1.54, 1.807) is 11.8 Å². The highest BCUT2D eigenvalue weighted by Crippen LogP contribution is 2.34. The molecule has 0 radical (unpaired) electrons. The van der Waals surface area contributed by atoms with Gasteiger partial charge in [0.25, 0.3) is 0 Å². The zero-order valence-corrected chi connectivity index (χ0v) is 11.1. The molecular weight excluding hydrogens is 238 g/mol. The molecular formula is C11H19N3O2S. The fraction of sp³-hybridized carbons (Fsp3) is 0.818. The van der Waals surface area contributed by atoms with Crippen LogP contribution in [0.2, 0.25) is 0 Å². The maximum Gasteiger partial charge on any atom is 0.243 e. The second-order valence-corrected chi connectivity index (χ2v) is 5.51. The van der Waals surface area contributed by atoms with Crippen LogP contribution in [0.3, 0.4) is 0 Å². The minimum atomic E-state index is -0.388. The molecule has 1 fully saturated rings. The molecule has 0 bridgehead atoms. The van der Waals surface area contributed by atoms with Crippen molar-refractivity contribution in [3.63, 3.8) is 0 Å². The third-order valence-corrected chi connectivity index (χ3v) is 3.73. The van der Waals surface area contributed by atoms with Crippen LogP contribution < -0.4 is 5.73 Å². The van der Waals surface area contributed by atoms with Gasteiger partial charge in [0.15, 0.2) is 0 Å². The number of hydrogen-bond donors (Lipinski definition) is 1. The van der Waals surface area contributed by atoms with E-state index in [1.807, 2.05) is 6.92 Å². The largest absolute Gasteiger partial charge is 0.367 e. The van der Waals surface area contributed by atoms with Crippen LogP contribution in [0.25, 0.3) is 0 Å².